The van der Waals surface area contributed by atoms with E-state index in [1.165, 1.54) is 0 Å². The maximum absolute atomic E-state index is 12.9. The molecule has 2 aromatic rings. The lowest BCUT2D eigenvalue weighted by Crippen LogP contribution is -2.31. The number of sulfone groups is 1. The Balaban J connectivity index is 1.60. The van der Waals surface area contributed by atoms with Gasteiger partial charge in [-0.3, -0.25) is 4.98 Å². The quantitative estimate of drug-likeness (QED) is 0.818. The maximum Gasteiger partial charge on any atom is 0.319 e. The van der Waals surface area contributed by atoms with Gasteiger partial charge in [-0.05, 0) is 54.7 Å². The van der Waals surface area contributed by atoms with Crippen LogP contribution in [0, 0.1) is 5.92 Å². The summed E-state index contributed by atoms with van der Waals surface area (Å²) in [5.41, 5.74) is 1.45. The number of pyridine rings is 1. The average Bonchev–Trinajstić information content (AvgIpc) is 2.68. The third kappa shape index (κ3) is 4.86. The van der Waals surface area contributed by atoms with Crippen LogP contribution in [0.1, 0.15) is 38.2 Å². The lowest BCUT2D eigenvalue weighted by molar-refractivity contribution is 0.251. The zero-order valence-corrected chi connectivity index (χ0v) is 16.2. The summed E-state index contributed by atoms with van der Waals surface area (Å²) in [7, 11) is -3.34. The molecule has 2 atom stereocenters. The maximum atomic E-state index is 12.9. The van der Waals surface area contributed by atoms with Gasteiger partial charge < -0.3 is 10.6 Å². The average molecular weight is 388 g/mol. The van der Waals surface area contributed by atoms with Crippen LogP contribution < -0.4 is 10.6 Å². The molecule has 6 nitrogen and oxygen atoms in total. The van der Waals surface area contributed by atoms with E-state index in [4.69, 9.17) is 0 Å². The van der Waals surface area contributed by atoms with E-state index in [0.29, 0.717) is 17.1 Å². The van der Waals surface area contributed by atoms with E-state index in [1.54, 1.807) is 42.7 Å². The van der Waals surface area contributed by atoms with Gasteiger partial charge in [0.2, 0.25) is 0 Å². The molecule has 0 radical (unpaired) electrons. The summed E-state index contributed by atoms with van der Waals surface area (Å²) < 4.78 is 25.8. The Labute approximate surface area is 160 Å². The minimum atomic E-state index is -3.34. The number of benzene rings is 1. The van der Waals surface area contributed by atoms with Gasteiger partial charge in [0.25, 0.3) is 0 Å². The molecule has 1 aromatic carbocycles. The third-order valence-electron chi connectivity index (χ3n) is 5.05. The fraction of sp³-hybridized carbons (Fsp3) is 0.400. The predicted molar refractivity (Wildman–Crippen MR) is 105 cm³/mol. The van der Waals surface area contributed by atoms with Crippen molar-refractivity contribution >= 4 is 21.6 Å². The second kappa shape index (κ2) is 8.52. The van der Waals surface area contributed by atoms with Gasteiger partial charge in [-0.15, -0.1) is 0 Å². The van der Waals surface area contributed by atoms with Crippen LogP contribution in [0.4, 0.5) is 10.5 Å². The van der Waals surface area contributed by atoms with Crippen LogP contribution in [0.25, 0.3) is 0 Å². The summed E-state index contributed by atoms with van der Waals surface area (Å²) in [4.78, 5) is 16.3. The van der Waals surface area contributed by atoms with E-state index in [9.17, 15) is 13.2 Å². The molecule has 2 N–H and O–H groups in total. The smallest absolute Gasteiger partial charge is 0.319 e. The molecule has 1 heterocycles. The molecule has 0 saturated heterocycles. The normalized spacial score (nSPS) is 20.0. The Morgan fingerprint density at radius 2 is 1.89 bits per heavy atom. The SMILES string of the molecule is CC1CCCCC1S(=O)(=O)c1ccc(NC(=O)NCc2cccnc2)cc1. The topological polar surface area (TPSA) is 88.2 Å². The van der Waals surface area contributed by atoms with Crippen molar-refractivity contribution in [2.75, 3.05) is 5.32 Å². The highest BCUT2D eigenvalue weighted by molar-refractivity contribution is 7.92. The molecule has 1 aliphatic carbocycles. The number of nitrogens with zero attached hydrogens (tertiary/aromatic N) is 1. The number of urea groups is 1. The van der Waals surface area contributed by atoms with E-state index in [0.717, 1.165) is 31.2 Å². The summed E-state index contributed by atoms with van der Waals surface area (Å²) in [5, 5.41) is 5.14. The lowest BCUT2D eigenvalue weighted by atomic mass is 9.90. The number of hydrogen-bond acceptors (Lipinski definition) is 4. The minimum absolute atomic E-state index is 0.180. The molecule has 1 fully saturated rings. The Morgan fingerprint density at radius 3 is 2.56 bits per heavy atom. The molecule has 1 aromatic heterocycles. The van der Waals surface area contributed by atoms with Gasteiger partial charge in [-0.25, -0.2) is 13.2 Å². The van der Waals surface area contributed by atoms with E-state index >= 15 is 0 Å². The van der Waals surface area contributed by atoms with Crippen LogP contribution in [-0.4, -0.2) is 24.7 Å². The standard InChI is InChI=1S/C20H25N3O3S/c1-15-5-2-3-7-19(15)27(25,26)18-10-8-17(9-11-18)23-20(24)22-14-16-6-4-12-21-13-16/h4,6,8-13,15,19H,2-3,5,7,14H2,1H3,(H2,22,23,24). The van der Waals surface area contributed by atoms with Crippen molar-refractivity contribution in [3.8, 4) is 0 Å². The first-order valence-corrected chi connectivity index (χ1v) is 10.8. The molecule has 0 spiro atoms. The first-order chi connectivity index (χ1) is 13.0. The molecule has 1 aliphatic rings. The number of carbonyl (C=O) groups is 1. The van der Waals surface area contributed by atoms with Gasteiger partial charge in [0.05, 0.1) is 10.1 Å². The number of rotatable bonds is 5. The van der Waals surface area contributed by atoms with Crippen LogP contribution in [0.15, 0.2) is 53.7 Å². The summed E-state index contributed by atoms with van der Waals surface area (Å²) in [5.74, 6) is 0.180. The molecule has 2 amide bonds. The van der Waals surface area contributed by atoms with Crippen LogP contribution in [0.5, 0.6) is 0 Å². The summed E-state index contributed by atoms with van der Waals surface area (Å²) >= 11 is 0. The van der Waals surface area contributed by atoms with Crippen molar-refractivity contribution in [1.29, 1.82) is 0 Å². The Morgan fingerprint density at radius 1 is 1.15 bits per heavy atom. The Kier molecular flexibility index (Phi) is 6.11. The second-order valence-corrected chi connectivity index (χ2v) is 9.21. The number of anilines is 1. The van der Waals surface area contributed by atoms with E-state index in [1.807, 2.05) is 13.0 Å². The molecule has 2 unspecified atom stereocenters. The van der Waals surface area contributed by atoms with Crippen molar-refractivity contribution in [3.63, 3.8) is 0 Å². The lowest BCUT2D eigenvalue weighted by Gasteiger charge is -2.28. The summed E-state index contributed by atoms with van der Waals surface area (Å²) in [6.45, 7) is 2.38. The van der Waals surface area contributed by atoms with Crippen molar-refractivity contribution < 1.29 is 13.2 Å². The largest absolute Gasteiger partial charge is 0.334 e. The zero-order chi connectivity index (χ0) is 19.3. The molecule has 144 valence electrons. The number of carbonyl (C=O) groups excluding carboxylic acids is 1. The van der Waals surface area contributed by atoms with Crippen molar-refractivity contribution in [2.45, 2.75) is 49.3 Å². The molecule has 1 saturated carbocycles. The number of hydrogen-bond donors (Lipinski definition) is 2. The number of amides is 2. The van der Waals surface area contributed by atoms with Gasteiger partial charge in [0.15, 0.2) is 9.84 Å². The molecule has 3 rings (SSSR count). The number of nitrogens with one attached hydrogen (secondary N) is 2. The fourth-order valence-electron chi connectivity index (χ4n) is 3.51. The second-order valence-electron chi connectivity index (χ2n) is 7.04. The fourth-order valence-corrected chi connectivity index (χ4v) is 5.60. The monoisotopic (exact) mass is 387 g/mol. The molecule has 0 bridgehead atoms. The van der Waals surface area contributed by atoms with Gasteiger partial charge in [-0.2, -0.15) is 0 Å². The molecular formula is C20H25N3O3S. The van der Waals surface area contributed by atoms with Crippen molar-refractivity contribution in [3.05, 3.63) is 54.4 Å². The van der Waals surface area contributed by atoms with Gasteiger partial charge >= 0.3 is 6.03 Å². The van der Waals surface area contributed by atoms with Gasteiger partial charge in [-0.1, -0.05) is 25.8 Å². The van der Waals surface area contributed by atoms with Crippen LogP contribution in [0.3, 0.4) is 0 Å². The highest BCUT2D eigenvalue weighted by atomic mass is 32.2. The Bertz CT molecular complexity index is 867. The van der Waals surface area contributed by atoms with E-state index in [2.05, 4.69) is 15.6 Å². The van der Waals surface area contributed by atoms with Crippen molar-refractivity contribution in [2.24, 2.45) is 5.92 Å². The highest BCUT2D eigenvalue weighted by Gasteiger charge is 2.33. The third-order valence-corrected chi connectivity index (χ3v) is 7.47. The van der Waals surface area contributed by atoms with Crippen LogP contribution >= 0.6 is 0 Å². The first kappa shape index (κ1) is 19.4. The van der Waals surface area contributed by atoms with Crippen molar-refractivity contribution in [1.82, 2.24) is 10.3 Å². The molecular weight excluding hydrogens is 362 g/mol. The zero-order valence-electron chi connectivity index (χ0n) is 15.4. The summed E-state index contributed by atoms with van der Waals surface area (Å²) in [6, 6.07) is 9.74. The predicted octanol–water partition coefficient (Wildman–Crippen LogP) is 3.76. The first-order valence-electron chi connectivity index (χ1n) is 9.24. The van der Waals surface area contributed by atoms with E-state index < -0.39 is 9.84 Å². The molecule has 27 heavy (non-hydrogen) atoms. The Hall–Kier alpha value is -2.41. The van der Waals surface area contributed by atoms with Gasteiger partial charge in [0.1, 0.15) is 0 Å². The van der Waals surface area contributed by atoms with E-state index in [-0.39, 0.29) is 17.2 Å². The highest BCUT2D eigenvalue weighted by Crippen LogP contribution is 2.33. The number of aromatic nitrogens is 1. The van der Waals surface area contributed by atoms with Crippen LogP contribution in [0.2, 0.25) is 0 Å². The summed E-state index contributed by atoms with van der Waals surface area (Å²) in [6.07, 6.45) is 7.11. The molecule has 0 aliphatic heterocycles. The van der Waals surface area contributed by atoms with Gasteiger partial charge in [0, 0.05) is 24.6 Å². The molecule has 7 heteroatoms. The van der Waals surface area contributed by atoms with Crippen LogP contribution in [-0.2, 0) is 16.4 Å². The minimum Gasteiger partial charge on any atom is -0.334 e.